The van der Waals surface area contributed by atoms with Crippen LogP contribution in [0.4, 0.5) is 11.4 Å². The van der Waals surface area contributed by atoms with Crippen LogP contribution in [0.1, 0.15) is 10.4 Å². The number of nitro benzene ring substituents is 1. The zero-order chi connectivity index (χ0) is 14.4. The second-order valence-electron chi connectivity index (χ2n) is 3.77. The average Bonchev–Trinajstić information content (AvgIpc) is 2.37. The van der Waals surface area contributed by atoms with Crippen molar-refractivity contribution in [3.63, 3.8) is 0 Å². The molecule has 0 aliphatic carbocycles. The molecule has 0 aliphatic heterocycles. The highest BCUT2D eigenvalue weighted by molar-refractivity contribution is 5.95. The summed E-state index contributed by atoms with van der Waals surface area (Å²) in [6, 6.07) is 3.65. The Labute approximate surface area is 109 Å². The van der Waals surface area contributed by atoms with Crippen LogP contribution >= 0.6 is 0 Å². The number of carbonyl (C=O) groups is 1. The summed E-state index contributed by atoms with van der Waals surface area (Å²) < 4.78 is 0. The lowest BCUT2D eigenvalue weighted by Gasteiger charge is -2.20. The molecule has 0 aromatic heterocycles. The maximum Gasteiger partial charge on any atom is 0.292 e. The highest BCUT2D eigenvalue weighted by atomic mass is 16.6. The molecular weight excluding hydrogens is 254 g/mol. The Bertz CT molecular complexity index is 471. The average molecular weight is 269 g/mol. The number of nitrogen functional groups attached to an aromatic ring is 1. The first-order chi connectivity index (χ1) is 9.01. The van der Waals surface area contributed by atoms with Crippen molar-refractivity contribution >= 4 is 17.3 Å². The lowest BCUT2D eigenvalue weighted by molar-refractivity contribution is -0.383. The van der Waals surface area contributed by atoms with Crippen molar-refractivity contribution < 1.29 is 19.9 Å². The van der Waals surface area contributed by atoms with Gasteiger partial charge in [-0.15, -0.1) is 0 Å². The molecule has 0 radical (unpaired) electrons. The Kier molecular flexibility index (Phi) is 5.22. The minimum absolute atomic E-state index is 0.0658. The summed E-state index contributed by atoms with van der Waals surface area (Å²) in [6.07, 6.45) is 0. The van der Waals surface area contributed by atoms with Crippen molar-refractivity contribution in [2.24, 2.45) is 0 Å². The van der Waals surface area contributed by atoms with E-state index in [1.807, 2.05) is 0 Å². The second kappa shape index (κ2) is 6.66. The van der Waals surface area contributed by atoms with Crippen LogP contribution < -0.4 is 5.73 Å². The lowest BCUT2D eigenvalue weighted by Crippen LogP contribution is -2.35. The summed E-state index contributed by atoms with van der Waals surface area (Å²) in [4.78, 5) is 23.2. The van der Waals surface area contributed by atoms with E-state index in [2.05, 4.69) is 0 Å². The minimum atomic E-state index is -0.636. The molecule has 4 N–H and O–H groups in total. The molecule has 1 amide bonds. The molecule has 0 saturated heterocycles. The van der Waals surface area contributed by atoms with E-state index in [0.717, 1.165) is 6.07 Å². The Morgan fingerprint density at radius 3 is 2.32 bits per heavy atom. The number of nitrogens with zero attached hydrogens (tertiary/aromatic N) is 2. The van der Waals surface area contributed by atoms with Crippen LogP contribution in [0, 0.1) is 10.1 Å². The molecule has 0 atom stereocenters. The molecule has 1 aromatic rings. The van der Waals surface area contributed by atoms with Crippen LogP contribution in [0.15, 0.2) is 18.2 Å². The number of aliphatic hydroxyl groups is 2. The van der Waals surface area contributed by atoms with Gasteiger partial charge in [0.2, 0.25) is 0 Å². The Hall–Kier alpha value is -2.19. The van der Waals surface area contributed by atoms with Gasteiger partial charge in [-0.3, -0.25) is 14.9 Å². The molecule has 0 heterocycles. The Morgan fingerprint density at radius 2 is 1.89 bits per heavy atom. The second-order valence-corrected chi connectivity index (χ2v) is 3.77. The van der Waals surface area contributed by atoms with E-state index < -0.39 is 10.8 Å². The zero-order valence-corrected chi connectivity index (χ0v) is 10.2. The van der Waals surface area contributed by atoms with E-state index in [0.29, 0.717) is 0 Å². The maximum absolute atomic E-state index is 12.0. The molecule has 0 bridgehead atoms. The minimum Gasteiger partial charge on any atom is -0.395 e. The van der Waals surface area contributed by atoms with Gasteiger partial charge < -0.3 is 20.8 Å². The summed E-state index contributed by atoms with van der Waals surface area (Å²) in [5.74, 6) is -0.454. The third kappa shape index (κ3) is 3.63. The molecule has 8 nitrogen and oxygen atoms in total. The van der Waals surface area contributed by atoms with Crippen molar-refractivity contribution in [2.45, 2.75) is 0 Å². The SMILES string of the molecule is Nc1cc(C(=O)N(CCO)CCO)ccc1[N+](=O)[O-]. The summed E-state index contributed by atoms with van der Waals surface area (Å²) in [7, 11) is 0. The van der Waals surface area contributed by atoms with Crippen molar-refractivity contribution in [1.82, 2.24) is 4.90 Å². The first-order valence-corrected chi connectivity index (χ1v) is 5.56. The number of nitrogens with two attached hydrogens (primary N) is 1. The van der Waals surface area contributed by atoms with Crippen LogP contribution in [-0.4, -0.2) is 52.2 Å². The smallest absolute Gasteiger partial charge is 0.292 e. The number of nitro groups is 1. The molecule has 1 aromatic carbocycles. The van der Waals surface area contributed by atoms with Gasteiger partial charge in [-0.2, -0.15) is 0 Å². The molecular formula is C11H15N3O5. The van der Waals surface area contributed by atoms with Gasteiger partial charge in [-0.25, -0.2) is 0 Å². The van der Waals surface area contributed by atoms with Crippen LogP contribution in [0.3, 0.4) is 0 Å². The van der Waals surface area contributed by atoms with Crippen molar-refractivity contribution in [3.05, 3.63) is 33.9 Å². The molecule has 0 unspecified atom stereocenters. The van der Waals surface area contributed by atoms with Gasteiger partial charge in [-0.05, 0) is 12.1 Å². The van der Waals surface area contributed by atoms with E-state index in [1.165, 1.54) is 17.0 Å². The maximum atomic E-state index is 12.0. The number of benzene rings is 1. The fraction of sp³-hybridized carbons (Fsp3) is 0.364. The van der Waals surface area contributed by atoms with Gasteiger partial charge in [0.15, 0.2) is 0 Å². The quantitative estimate of drug-likeness (QED) is 0.366. The van der Waals surface area contributed by atoms with Gasteiger partial charge in [0.25, 0.3) is 11.6 Å². The largest absolute Gasteiger partial charge is 0.395 e. The fourth-order valence-corrected chi connectivity index (χ4v) is 1.59. The number of hydrogen-bond donors (Lipinski definition) is 3. The number of anilines is 1. The predicted octanol–water partition coefficient (Wildman–Crippen LogP) is -0.396. The van der Waals surface area contributed by atoms with E-state index in [1.54, 1.807) is 0 Å². The van der Waals surface area contributed by atoms with Crippen LogP contribution in [0.25, 0.3) is 0 Å². The lowest BCUT2D eigenvalue weighted by atomic mass is 10.1. The van der Waals surface area contributed by atoms with Gasteiger partial charge in [0, 0.05) is 24.7 Å². The van der Waals surface area contributed by atoms with Crippen LogP contribution in [0.2, 0.25) is 0 Å². The van der Waals surface area contributed by atoms with E-state index >= 15 is 0 Å². The monoisotopic (exact) mass is 269 g/mol. The zero-order valence-electron chi connectivity index (χ0n) is 10.2. The van der Waals surface area contributed by atoms with Crippen molar-refractivity contribution in [2.75, 3.05) is 32.0 Å². The van der Waals surface area contributed by atoms with E-state index in [4.69, 9.17) is 15.9 Å². The predicted molar refractivity (Wildman–Crippen MR) is 67.6 cm³/mol. The Balaban J connectivity index is 2.98. The summed E-state index contributed by atoms with van der Waals surface area (Å²) in [5, 5.41) is 28.3. The van der Waals surface area contributed by atoms with Gasteiger partial charge in [0.05, 0.1) is 18.1 Å². The summed E-state index contributed by atoms with van der Waals surface area (Å²) >= 11 is 0. The summed E-state index contributed by atoms with van der Waals surface area (Å²) in [6.45, 7) is -0.352. The van der Waals surface area contributed by atoms with E-state index in [9.17, 15) is 14.9 Å². The molecule has 0 aliphatic rings. The van der Waals surface area contributed by atoms with Gasteiger partial charge >= 0.3 is 0 Å². The fourth-order valence-electron chi connectivity index (χ4n) is 1.59. The molecule has 8 heteroatoms. The van der Waals surface area contributed by atoms with Crippen LogP contribution in [-0.2, 0) is 0 Å². The van der Waals surface area contributed by atoms with E-state index in [-0.39, 0.29) is 43.2 Å². The number of hydrogen-bond acceptors (Lipinski definition) is 6. The molecule has 0 saturated carbocycles. The first-order valence-electron chi connectivity index (χ1n) is 5.56. The molecule has 0 spiro atoms. The Morgan fingerprint density at radius 1 is 1.32 bits per heavy atom. The standard InChI is InChI=1S/C11H15N3O5/c12-9-7-8(1-2-10(9)14(18)19)11(17)13(3-5-15)4-6-16/h1-2,7,15-16H,3-6,12H2. The first kappa shape index (κ1) is 14.9. The van der Waals surface area contributed by atoms with Gasteiger partial charge in [-0.1, -0.05) is 0 Å². The third-order valence-electron chi connectivity index (χ3n) is 2.50. The van der Waals surface area contributed by atoms with Crippen molar-refractivity contribution in [1.29, 1.82) is 0 Å². The number of rotatable bonds is 6. The van der Waals surface area contributed by atoms with Gasteiger partial charge in [0.1, 0.15) is 5.69 Å². The number of carbonyl (C=O) groups excluding carboxylic acids is 1. The van der Waals surface area contributed by atoms with Crippen LogP contribution in [0.5, 0.6) is 0 Å². The molecule has 0 fully saturated rings. The molecule has 104 valence electrons. The van der Waals surface area contributed by atoms with Crippen molar-refractivity contribution in [3.8, 4) is 0 Å². The highest BCUT2D eigenvalue weighted by Gasteiger charge is 2.18. The topological polar surface area (TPSA) is 130 Å². The molecule has 19 heavy (non-hydrogen) atoms. The number of aliphatic hydroxyl groups excluding tert-OH is 2. The summed E-state index contributed by atoms with van der Waals surface area (Å²) in [5.41, 5.74) is 5.29. The molecule has 1 rings (SSSR count). The third-order valence-corrected chi connectivity index (χ3v) is 2.50. The normalized spacial score (nSPS) is 10.2. The highest BCUT2D eigenvalue weighted by Crippen LogP contribution is 2.22. The number of amides is 1.